The van der Waals surface area contributed by atoms with Gasteiger partial charge in [0, 0.05) is 11.1 Å². The number of carbonyl (C=O) groups excluding carboxylic acids is 1. The molecule has 0 saturated carbocycles. The highest BCUT2D eigenvalue weighted by molar-refractivity contribution is 7.91. The van der Waals surface area contributed by atoms with Crippen molar-refractivity contribution in [1.29, 1.82) is 0 Å². The molecule has 0 spiro atoms. The van der Waals surface area contributed by atoms with Gasteiger partial charge in [-0.3, -0.25) is 14.8 Å². The summed E-state index contributed by atoms with van der Waals surface area (Å²) < 4.78 is 30.3. The molecule has 9 nitrogen and oxygen atoms in total. The van der Waals surface area contributed by atoms with Crippen LogP contribution in [0, 0.1) is 4.77 Å². The van der Waals surface area contributed by atoms with Gasteiger partial charge in [0.25, 0.3) is 0 Å². The number of nitrogens with zero attached hydrogens (tertiary/aromatic N) is 3. The normalized spacial score (nSPS) is 18.1. The third-order valence-electron chi connectivity index (χ3n) is 4.49. The summed E-state index contributed by atoms with van der Waals surface area (Å²) in [5, 5.41) is 6.40. The molecule has 1 fully saturated rings. The number of amides is 1. The molecule has 0 bridgehead atoms. The number of carbonyl (C=O) groups is 1. The molecule has 3 rings (SSSR count). The van der Waals surface area contributed by atoms with E-state index in [1.807, 2.05) is 0 Å². The lowest BCUT2D eigenvalue weighted by atomic mass is 10.2. The minimum atomic E-state index is -3.04. The molecule has 1 aliphatic rings. The van der Waals surface area contributed by atoms with Crippen LogP contribution in [0.3, 0.4) is 0 Å². The van der Waals surface area contributed by atoms with Gasteiger partial charge in [-0.1, -0.05) is 11.6 Å². The molecule has 158 valence electrons. The molecule has 1 aromatic carbocycles. The Kier molecular flexibility index (Phi) is 6.62. The van der Waals surface area contributed by atoms with E-state index in [2.05, 4.69) is 15.4 Å². The van der Waals surface area contributed by atoms with Gasteiger partial charge < -0.3 is 10.1 Å². The third-order valence-corrected chi connectivity index (χ3v) is 6.80. The first kappa shape index (κ1) is 21.8. The van der Waals surface area contributed by atoms with Gasteiger partial charge in [0.05, 0.1) is 37.4 Å². The number of sulfone groups is 1. The zero-order valence-electron chi connectivity index (χ0n) is 16.0. The predicted molar refractivity (Wildman–Crippen MR) is 112 cm³/mol. The number of likely N-dealkylation sites (N-methyl/N-ethyl adjacent to an activating group) is 1. The lowest BCUT2D eigenvalue weighted by molar-refractivity contribution is -0.122. The number of aromatic amines is 1. The van der Waals surface area contributed by atoms with Crippen LogP contribution >= 0.6 is 23.8 Å². The molecule has 1 atom stereocenters. The maximum atomic E-state index is 12.2. The summed E-state index contributed by atoms with van der Waals surface area (Å²) in [7, 11) is 0.278. The number of methoxy groups -OCH3 is 1. The van der Waals surface area contributed by atoms with E-state index in [0.29, 0.717) is 40.0 Å². The Morgan fingerprint density at radius 2 is 2.28 bits per heavy atom. The van der Waals surface area contributed by atoms with Crippen molar-refractivity contribution in [1.82, 2.24) is 25.0 Å². The number of halogens is 1. The van der Waals surface area contributed by atoms with E-state index < -0.39 is 9.84 Å². The first-order chi connectivity index (χ1) is 13.7. The number of rotatable bonds is 7. The number of ether oxygens (including phenoxy) is 1. The Balaban J connectivity index is 1.64. The smallest absolute Gasteiger partial charge is 0.234 e. The summed E-state index contributed by atoms with van der Waals surface area (Å²) >= 11 is 11.4. The summed E-state index contributed by atoms with van der Waals surface area (Å²) in [4.78, 5) is 18.3. The number of benzene rings is 1. The third kappa shape index (κ3) is 5.56. The van der Waals surface area contributed by atoms with E-state index in [4.69, 9.17) is 28.6 Å². The summed E-state index contributed by atoms with van der Waals surface area (Å²) in [5.74, 6) is 0.983. The van der Waals surface area contributed by atoms with Crippen LogP contribution in [-0.2, 0) is 21.3 Å². The van der Waals surface area contributed by atoms with Crippen molar-refractivity contribution < 1.29 is 17.9 Å². The molecule has 2 aromatic rings. The lowest BCUT2D eigenvalue weighted by Crippen LogP contribution is -2.42. The molecule has 1 saturated heterocycles. The highest BCUT2D eigenvalue weighted by Gasteiger charge is 2.29. The Bertz CT molecular complexity index is 1070. The van der Waals surface area contributed by atoms with Crippen LogP contribution in [0.1, 0.15) is 6.42 Å². The topological polar surface area (TPSA) is 109 Å². The van der Waals surface area contributed by atoms with Crippen LogP contribution < -0.4 is 10.1 Å². The average Bonchev–Trinajstić information content (AvgIpc) is 3.16. The number of nitrogens with one attached hydrogen (secondary N) is 2. The molecule has 1 aliphatic heterocycles. The molecular weight excluding hydrogens is 438 g/mol. The molecule has 0 aliphatic carbocycles. The summed E-state index contributed by atoms with van der Waals surface area (Å²) in [5.41, 5.74) is 0.674. The number of hydrogen-bond donors (Lipinski definition) is 2. The zero-order valence-corrected chi connectivity index (χ0v) is 18.4. The lowest BCUT2D eigenvalue weighted by Gasteiger charge is -2.18. The van der Waals surface area contributed by atoms with Gasteiger partial charge in [-0.2, -0.15) is 4.98 Å². The van der Waals surface area contributed by atoms with E-state index in [1.165, 1.54) is 0 Å². The standard InChI is InChI=1S/C17H22ClN5O4S2/c1-22(8-15(24)19-12-5-6-29(25,26)9-12)10-23-17(28)20-16(21-23)13-7-11(18)3-4-14(13)27-2/h3-4,7,12H,5-6,8-10H2,1-2H3,(H,19,24)(H,20,21,28). The van der Waals surface area contributed by atoms with Crippen LogP contribution in [0.25, 0.3) is 11.4 Å². The molecule has 12 heteroatoms. The van der Waals surface area contributed by atoms with E-state index in [0.717, 1.165) is 0 Å². The van der Waals surface area contributed by atoms with E-state index in [-0.39, 0.29) is 30.0 Å². The van der Waals surface area contributed by atoms with Crippen LogP contribution in [0.5, 0.6) is 5.75 Å². The fraction of sp³-hybridized carbons (Fsp3) is 0.471. The van der Waals surface area contributed by atoms with Crippen molar-refractivity contribution in [2.75, 3.05) is 32.2 Å². The second kappa shape index (κ2) is 8.82. The van der Waals surface area contributed by atoms with Crippen molar-refractivity contribution >= 4 is 39.6 Å². The monoisotopic (exact) mass is 459 g/mol. The van der Waals surface area contributed by atoms with Gasteiger partial charge in [-0.25, -0.2) is 13.1 Å². The SMILES string of the molecule is COc1ccc(Cl)cc1-c1nc(=S)n(CN(C)CC(=O)NC2CCS(=O)(=O)C2)[nH]1. The summed E-state index contributed by atoms with van der Waals surface area (Å²) in [6.07, 6.45) is 0.453. The molecule has 29 heavy (non-hydrogen) atoms. The van der Waals surface area contributed by atoms with Gasteiger partial charge in [0.15, 0.2) is 15.7 Å². The summed E-state index contributed by atoms with van der Waals surface area (Å²) in [6, 6.07) is 4.87. The van der Waals surface area contributed by atoms with Gasteiger partial charge in [-0.05, 0) is 43.9 Å². The molecule has 0 radical (unpaired) electrons. The molecule has 1 amide bonds. The first-order valence-corrected chi connectivity index (χ1v) is 11.5. The highest BCUT2D eigenvalue weighted by Crippen LogP contribution is 2.30. The molecular formula is C17H22ClN5O4S2. The number of hydrogen-bond acceptors (Lipinski definition) is 7. The van der Waals surface area contributed by atoms with Gasteiger partial charge in [-0.15, -0.1) is 0 Å². The van der Waals surface area contributed by atoms with Crippen LogP contribution in [0.15, 0.2) is 18.2 Å². The van der Waals surface area contributed by atoms with Crippen molar-refractivity contribution in [3.8, 4) is 17.1 Å². The fourth-order valence-corrected chi connectivity index (χ4v) is 5.20. The second-order valence-electron chi connectivity index (χ2n) is 6.95. The fourth-order valence-electron chi connectivity index (χ4n) is 3.16. The van der Waals surface area contributed by atoms with E-state index in [1.54, 1.807) is 41.9 Å². The zero-order chi connectivity index (χ0) is 21.2. The van der Waals surface area contributed by atoms with Crippen molar-refractivity contribution in [2.24, 2.45) is 0 Å². The Hall–Kier alpha value is -1.95. The van der Waals surface area contributed by atoms with Crippen LogP contribution in [0.2, 0.25) is 5.02 Å². The molecule has 2 heterocycles. The van der Waals surface area contributed by atoms with Gasteiger partial charge >= 0.3 is 0 Å². The minimum Gasteiger partial charge on any atom is -0.496 e. The molecule has 2 N–H and O–H groups in total. The predicted octanol–water partition coefficient (Wildman–Crippen LogP) is 1.46. The highest BCUT2D eigenvalue weighted by atomic mass is 35.5. The number of H-pyrrole nitrogens is 1. The van der Waals surface area contributed by atoms with E-state index >= 15 is 0 Å². The largest absolute Gasteiger partial charge is 0.496 e. The van der Waals surface area contributed by atoms with Gasteiger partial charge in [0.2, 0.25) is 10.7 Å². The number of aromatic nitrogens is 3. The maximum absolute atomic E-state index is 12.2. The van der Waals surface area contributed by atoms with Crippen LogP contribution in [0.4, 0.5) is 0 Å². The Morgan fingerprint density at radius 1 is 1.52 bits per heavy atom. The maximum Gasteiger partial charge on any atom is 0.234 e. The quantitative estimate of drug-likeness (QED) is 0.603. The van der Waals surface area contributed by atoms with Gasteiger partial charge in [0.1, 0.15) is 5.75 Å². The molecule has 1 aromatic heterocycles. The second-order valence-corrected chi connectivity index (χ2v) is 9.98. The van der Waals surface area contributed by atoms with Crippen LogP contribution in [-0.4, -0.2) is 72.2 Å². The van der Waals surface area contributed by atoms with E-state index in [9.17, 15) is 13.2 Å². The summed E-state index contributed by atoms with van der Waals surface area (Å²) in [6.45, 7) is 0.387. The Morgan fingerprint density at radius 3 is 2.93 bits per heavy atom. The average molecular weight is 460 g/mol. The Labute approximate surface area is 178 Å². The first-order valence-electron chi connectivity index (χ1n) is 8.86. The van der Waals surface area contributed by atoms with Crippen molar-refractivity contribution in [2.45, 2.75) is 19.1 Å². The van der Waals surface area contributed by atoms with Crippen molar-refractivity contribution in [3.05, 3.63) is 28.0 Å². The van der Waals surface area contributed by atoms with Crippen molar-refractivity contribution in [3.63, 3.8) is 0 Å². The minimum absolute atomic E-state index is 0.00110. The molecule has 1 unspecified atom stereocenters.